The van der Waals surface area contributed by atoms with Crippen LogP contribution in [0.5, 0.6) is 5.75 Å². The maximum absolute atomic E-state index is 14.4. The molecule has 142 valence electrons. The molecule has 1 aliphatic rings. The Morgan fingerprint density at radius 3 is 2.56 bits per heavy atom. The normalized spacial score (nSPS) is 17.2. The topological polar surface area (TPSA) is 39.5 Å². The number of ether oxygens (including phenoxy) is 1. The van der Waals surface area contributed by atoms with Gasteiger partial charge < -0.3 is 14.5 Å². The van der Waals surface area contributed by atoms with E-state index in [-0.39, 0.29) is 5.82 Å². The molecule has 0 spiro atoms. The zero-order valence-corrected chi connectivity index (χ0v) is 16.0. The van der Waals surface area contributed by atoms with Crippen molar-refractivity contribution in [1.82, 2.24) is 9.80 Å². The number of likely N-dealkylation sites (N-methyl/N-ethyl adjacent to an activating group) is 1. The number of likely N-dealkylation sites (tertiary alicyclic amines) is 1. The Morgan fingerprint density at radius 2 is 1.93 bits per heavy atom. The Bertz CT molecular complexity index is 798. The van der Waals surface area contributed by atoms with E-state index in [1.165, 1.54) is 12.5 Å². The van der Waals surface area contributed by atoms with Crippen LogP contribution in [-0.2, 0) is 0 Å². The molecule has 0 amide bonds. The second-order valence-corrected chi connectivity index (χ2v) is 7.24. The second-order valence-electron chi connectivity index (χ2n) is 7.24. The molecule has 5 heteroatoms. The van der Waals surface area contributed by atoms with Crippen molar-refractivity contribution in [2.24, 2.45) is 0 Å². The maximum atomic E-state index is 14.4. The van der Waals surface area contributed by atoms with Crippen LogP contribution in [0.1, 0.15) is 18.4 Å². The van der Waals surface area contributed by atoms with Crippen molar-refractivity contribution in [3.8, 4) is 22.9 Å². The van der Waals surface area contributed by atoms with Crippen LogP contribution in [0.25, 0.3) is 11.1 Å². The third kappa shape index (κ3) is 5.06. The highest BCUT2D eigenvalue weighted by Crippen LogP contribution is 2.26. The Morgan fingerprint density at radius 1 is 1.19 bits per heavy atom. The van der Waals surface area contributed by atoms with Gasteiger partial charge in [-0.1, -0.05) is 18.2 Å². The van der Waals surface area contributed by atoms with Gasteiger partial charge >= 0.3 is 0 Å². The first-order chi connectivity index (χ1) is 13.1. The molecule has 0 unspecified atom stereocenters. The van der Waals surface area contributed by atoms with Crippen LogP contribution in [0.4, 0.5) is 4.39 Å². The summed E-state index contributed by atoms with van der Waals surface area (Å²) in [6, 6.07) is 14.9. The zero-order chi connectivity index (χ0) is 19.2. The highest BCUT2D eigenvalue weighted by Gasteiger charge is 2.23. The minimum atomic E-state index is -0.356. The van der Waals surface area contributed by atoms with Gasteiger partial charge in [-0.3, -0.25) is 0 Å². The van der Waals surface area contributed by atoms with Gasteiger partial charge in [0, 0.05) is 19.1 Å². The molecule has 1 atom stereocenters. The van der Waals surface area contributed by atoms with Crippen molar-refractivity contribution in [3.05, 3.63) is 53.8 Å². The van der Waals surface area contributed by atoms with E-state index in [0.717, 1.165) is 37.2 Å². The molecule has 0 saturated carbocycles. The fourth-order valence-corrected chi connectivity index (χ4v) is 3.44. The fraction of sp³-hybridized carbons (Fsp3) is 0.409. The SMILES string of the molecule is CN(C)[C@@H]1CCN(CCCOc2ccc(-c3ccc(C#N)cc3)cc2F)C1. The minimum absolute atomic E-state index is 0.292. The van der Waals surface area contributed by atoms with Crippen molar-refractivity contribution in [2.75, 3.05) is 40.3 Å². The smallest absolute Gasteiger partial charge is 0.165 e. The summed E-state index contributed by atoms with van der Waals surface area (Å²) < 4.78 is 20.0. The number of halogens is 1. The van der Waals surface area contributed by atoms with Gasteiger partial charge in [0.25, 0.3) is 0 Å². The van der Waals surface area contributed by atoms with Crippen molar-refractivity contribution in [1.29, 1.82) is 5.26 Å². The lowest BCUT2D eigenvalue weighted by atomic mass is 10.0. The lowest BCUT2D eigenvalue weighted by Gasteiger charge is -2.20. The Hall–Kier alpha value is -2.42. The van der Waals surface area contributed by atoms with E-state index in [0.29, 0.717) is 24.0 Å². The minimum Gasteiger partial charge on any atom is -0.490 e. The average Bonchev–Trinajstić information content (AvgIpc) is 3.15. The van der Waals surface area contributed by atoms with Crippen molar-refractivity contribution in [2.45, 2.75) is 18.9 Å². The molecule has 4 nitrogen and oxygen atoms in total. The Labute approximate surface area is 160 Å². The van der Waals surface area contributed by atoms with Crippen LogP contribution in [0.2, 0.25) is 0 Å². The number of benzene rings is 2. The third-order valence-corrected chi connectivity index (χ3v) is 5.13. The summed E-state index contributed by atoms with van der Waals surface area (Å²) in [5.74, 6) is -0.0642. The van der Waals surface area contributed by atoms with Crippen LogP contribution in [0.15, 0.2) is 42.5 Å². The first-order valence-electron chi connectivity index (χ1n) is 9.38. The van der Waals surface area contributed by atoms with Crippen LogP contribution < -0.4 is 4.74 Å². The number of hydrogen-bond donors (Lipinski definition) is 0. The molecule has 1 heterocycles. The molecule has 1 aliphatic heterocycles. The fourth-order valence-electron chi connectivity index (χ4n) is 3.44. The zero-order valence-electron chi connectivity index (χ0n) is 16.0. The molecule has 0 aromatic heterocycles. The van der Waals surface area contributed by atoms with Crippen molar-refractivity contribution >= 4 is 0 Å². The number of nitriles is 1. The molecular weight excluding hydrogens is 341 g/mol. The lowest BCUT2D eigenvalue weighted by Crippen LogP contribution is -2.32. The quantitative estimate of drug-likeness (QED) is 0.699. The predicted octanol–water partition coefficient (Wildman–Crippen LogP) is 3.77. The summed E-state index contributed by atoms with van der Waals surface area (Å²) >= 11 is 0. The first-order valence-corrected chi connectivity index (χ1v) is 9.38. The highest BCUT2D eigenvalue weighted by molar-refractivity contribution is 5.65. The molecule has 0 bridgehead atoms. The van der Waals surface area contributed by atoms with Crippen LogP contribution >= 0.6 is 0 Å². The van der Waals surface area contributed by atoms with E-state index in [4.69, 9.17) is 10.00 Å². The van der Waals surface area contributed by atoms with Gasteiger partial charge in [-0.05, 0) is 68.9 Å². The number of rotatable bonds is 7. The van der Waals surface area contributed by atoms with E-state index in [1.54, 1.807) is 18.2 Å². The lowest BCUT2D eigenvalue weighted by molar-refractivity contribution is 0.238. The van der Waals surface area contributed by atoms with Crippen LogP contribution in [-0.4, -0.2) is 56.2 Å². The molecule has 27 heavy (non-hydrogen) atoms. The summed E-state index contributed by atoms with van der Waals surface area (Å²) in [7, 11) is 4.25. The predicted molar refractivity (Wildman–Crippen MR) is 105 cm³/mol. The van der Waals surface area contributed by atoms with Gasteiger partial charge in [0.05, 0.1) is 18.2 Å². The van der Waals surface area contributed by atoms with Gasteiger partial charge in [-0.2, -0.15) is 5.26 Å². The van der Waals surface area contributed by atoms with Gasteiger partial charge in [0.2, 0.25) is 0 Å². The highest BCUT2D eigenvalue weighted by atomic mass is 19.1. The molecule has 3 rings (SSSR count). The van der Waals surface area contributed by atoms with Gasteiger partial charge in [-0.15, -0.1) is 0 Å². The van der Waals surface area contributed by atoms with Gasteiger partial charge in [-0.25, -0.2) is 4.39 Å². The standard InChI is InChI=1S/C22H26FN3O/c1-25(2)20-10-12-26(16-20)11-3-13-27-22-9-8-19(14-21(22)23)18-6-4-17(15-24)5-7-18/h4-9,14,20H,3,10-13,16H2,1-2H3/t20-/m1/s1. The van der Waals surface area contributed by atoms with E-state index >= 15 is 0 Å². The Balaban J connectivity index is 1.49. The van der Waals surface area contributed by atoms with Gasteiger partial charge in [0.1, 0.15) is 0 Å². The molecule has 2 aromatic carbocycles. The summed E-state index contributed by atoms with van der Waals surface area (Å²) in [5.41, 5.74) is 2.24. The molecule has 0 N–H and O–H groups in total. The van der Waals surface area contributed by atoms with Crippen molar-refractivity contribution < 1.29 is 9.13 Å². The molecular formula is C22H26FN3O. The van der Waals surface area contributed by atoms with E-state index in [1.807, 2.05) is 18.2 Å². The van der Waals surface area contributed by atoms with E-state index < -0.39 is 0 Å². The first kappa shape index (κ1) is 19.3. The largest absolute Gasteiger partial charge is 0.490 e. The molecule has 1 saturated heterocycles. The van der Waals surface area contributed by atoms with Crippen LogP contribution in [0.3, 0.4) is 0 Å². The Kier molecular flexibility index (Phi) is 6.44. The maximum Gasteiger partial charge on any atom is 0.165 e. The third-order valence-electron chi connectivity index (χ3n) is 5.13. The van der Waals surface area contributed by atoms with Gasteiger partial charge in [0.15, 0.2) is 11.6 Å². The number of hydrogen-bond acceptors (Lipinski definition) is 4. The molecule has 0 radical (unpaired) electrons. The number of nitrogens with zero attached hydrogens (tertiary/aromatic N) is 3. The summed E-state index contributed by atoms with van der Waals surface area (Å²) in [6.07, 6.45) is 2.09. The summed E-state index contributed by atoms with van der Waals surface area (Å²) in [4.78, 5) is 4.72. The van der Waals surface area contributed by atoms with E-state index in [2.05, 4.69) is 30.0 Å². The summed E-state index contributed by atoms with van der Waals surface area (Å²) in [5, 5.41) is 8.86. The molecule has 2 aromatic rings. The average molecular weight is 367 g/mol. The van der Waals surface area contributed by atoms with Crippen LogP contribution in [0, 0.1) is 17.1 Å². The summed E-state index contributed by atoms with van der Waals surface area (Å²) in [6.45, 7) is 3.71. The van der Waals surface area contributed by atoms with Crippen molar-refractivity contribution in [3.63, 3.8) is 0 Å². The molecule has 1 fully saturated rings. The van der Waals surface area contributed by atoms with E-state index in [9.17, 15) is 4.39 Å². The monoisotopic (exact) mass is 367 g/mol. The molecule has 0 aliphatic carbocycles. The second kappa shape index (κ2) is 8.98.